The van der Waals surface area contributed by atoms with Crippen molar-refractivity contribution in [3.05, 3.63) is 46.3 Å². The van der Waals surface area contributed by atoms with Crippen LogP contribution in [0, 0.1) is 17.0 Å². The van der Waals surface area contributed by atoms with Crippen LogP contribution in [0.1, 0.15) is 5.56 Å². The first-order valence-corrected chi connectivity index (χ1v) is 9.53. The average molecular weight is 394 g/mol. The Balaban J connectivity index is 1.86. The molecule has 2 aromatic rings. The van der Waals surface area contributed by atoms with Gasteiger partial charge in [0, 0.05) is 13.1 Å². The molecule has 0 spiro atoms. The molecule has 0 radical (unpaired) electrons. The highest BCUT2D eigenvalue weighted by Gasteiger charge is 2.29. The third kappa shape index (κ3) is 4.30. The van der Waals surface area contributed by atoms with Gasteiger partial charge in [-0.2, -0.15) is 0 Å². The van der Waals surface area contributed by atoms with Gasteiger partial charge >= 0.3 is 5.69 Å². The number of anilines is 2. The summed E-state index contributed by atoms with van der Waals surface area (Å²) >= 11 is 0. The second-order valence-corrected chi connectivity index (χ2v) is 7.48. The number of aryl methyl sites for hydroxylation is 1. The van der Waals surface area contributed by atoms with Gasteiger partial charge < -0.3 is 9.64 Å². The van der Waals surface area contributed by atoms with Crippen LogP contribution in [0.4, 0.5) is 17.3 Å². The van der Waals surface area contributed by atoms with Crippen molar-refractivity contribution in [2.75, 3.05) is 36.6 Å². The summed E-state index contributed by atoms with van der Waals surface area (Å²) < 4.78 is 30.0. The van der Waals surface area contributed by atoms with E-state index in [9.17, 15) is 18.5 Å². The van der Waals surface area contributed by atoms with Crippen molar-refractivity contribution >= 4 is 27.3 Å². The summed E-state index contributed by atoms with van der Waals surface area (Å²) in [4.78, 5) is 22.6. The summed E-state index contributed by atoms with van der Waals surface area (Å²) in [5.41, 5.74) is 2.83. The first-order chi connectivity index (χ1) is 12.9. The van der Waals surface area contributed by atoms with Crippen LogP contribution in [0.15, 0.2) is 35.5 Å². The average Bonchev–Trinajstić information content (AvgIpc) is 2.67. The molecule has 0 amide bonds. The zero-order chi connectivity index (χ0) is 19.4. The van der Waals surface area contributed by atoms with Crippen LogP contribution in [0.2, 0.25) is 0 Å². The summed E-state index contributed by atoms with van der Waals surface area (Å²) in [5, 5.41) is 11.6. The Morgan fingerprint density at radius 2 is 1.85 bits per heavy atom. The first-order valence-electron chi connectivity index (χ1n) is 8.05. The molecule has 2 N–H and O–H groups in total. The quantitative estimate of drug-likeness (QED) is 0.538. The van der Waals surface area contributed by atoms with E-state index in [4.69, 9.17) is 4.74 Å². The Morgan fingerprint density at radius 1 is 1.19 bits per heavy atom. The van der Waals surface area contributed by atoms with Crippen LogP contribution in [-0.2, 0) is 14.8 Å². The lowest BCUT2D eigenvalue weighted by molar-refractivity contribution is -0.383. The van der Waals surface area contributed by atoms with Crippen LogP contribution in [0.3, 0.4) is 0 Å². The summed E-state index contributed by atoms with van der Waals surface area (Å²) in [5.74, 6) is -0.137. The molecule has 12 heteroatoms. The summed E-state index contributed by atoms with van der Waals surface area (Å²) in [7, 11) is -3.93. The van der Waals surface area contributed by atoms with E-state index < -0.39 is 20.6 Å². The lowest BCUT2D eigenvalue weighted by atomic mass is 10.2. The van der Waals surface area contributed by atoms with E-state index in [0.717, 1.165) is 11.9 Å². The highest BCUT2D eigenvalue weighted by molar-refractivity contribution is 7.89. The van der Waals surface area contributed by atoms with Crippen molar-refractivity contribution in [2.24, 2.45) is 0 Å². The molecule has 144 valence electrons. The Morgan fingerprint density at radius 3 is 2.48 bits per heavy atom. The fourth-order valence-corrected chi connectivity index (χ4v) is 3.37. The number of morpholine rings is 1. The van der Waals surface area contributed by atoms with Gasteiger partial charge in [-0.3, -0.25) is 15.5 Å². The van der Waals surface area contributed by atoms with Crippen molar-refractivity contribution in [1.82, 2.24) is 14.8 Å². The number of rotatable bonds is 6. The predicted molar refractivity (Wildman–Crippen MR) is 96.8 cm³/mol. The summed E-state index contributed by atoms with van der Waals surface area (Å²) in [6.45, 7) is 3.55. The SMILES string of the molecule is Cc1ccc(S(=O)(=O)NNc2ncnc(N3CCOCC3)c2[N+](=O)[O-])cc1. The van der Waals surface area contributed by atoms with E-state index in [1.54, 1.807) is 17.0 Å². The van der Waals surface area contributed by atoms with Crippen LogP contribution < -0.4 is 15.2 Å². The number of sulfonamides is 1. The van der Waals surface area contributed by atoms with Gasteiger partial charge in [0.1, 0.15) is 6.33 Å². The molecule has 1 saturated heterocycles. The van der Waals surface area contributed by atoms with E-state index in [1.165, 1.54) is 12.1 Å². The monoisotopic (exact) mass is 394 g/mol. The summed E-state index contributed by atoms with van der Waals surface area (Å²) in [6.07, 6.45) is 1.14. The molecule has 1 aromatic carbocycles. The number of hydrazine groups is 1. The normalized spacial score (nSPS) is 14.8. The number of benzene rings is 1. The molecule has 1 aliphatic heterocycles. The number of hydrogen-bond donors (Lipinski definition) is 2. The van der Waals surface area contributed by atoms with E-state index in [0.29, 0.717) is 26.3 Å². The van der Waals surface area contributed by atoms with Crippen molar-refractivity contribution in [3.63, 3.8) is 0 Å². The van der Waals surface area contributed by atoms with Crippen molar-refractivity contribution in [2.45, 2.75) is 11.8 Å². The third-order valence-electron chi connectivity index (χ3n) is 3.93. The molecule has 0 saturated carbocycles. The fraction of sp³-hybridized carbons (Fsp3) is 0.333. The lowest BCUT2D eigenvalue weighted by Gasteiger charge is -2.27. The van der Waals surface area contributed by atoms with Gasteiger partial charge in [-0.15, -0.1) is 4.83 Å². The molecule has 11 nitrogen and oxygen atoms in total. The zero-order valence-corrected chi connectivity index (χ0v) is 15.3. The number of nitrogens with zero attached hydrogens (tertiary/aromatic N) is 4. The topological polar surface area (TPSA) is 140 Å². The second kappa shape index (κ2) is 7.82. The smallest absolute Gasteiger partial charge is 0.354 e. The number of ether oxygens (including phenoxy) is 1. The Kier molecular flexibility index (Phi) is 5.48. The van der Waals surface area contributed by atoms with Crippen LogP contribution in [0.25, 0.3) is 0 Å². The van der Waals surface area contributed by atoms with Crippen molar-refractivity contribution < 1.29 is 18.1 Å². The summed E-state index contributed by atoms with van der Waals surface area (Å²) in [6, 6.07) is 6.18. The highest BCUT2D eigenvalue weighted by atomic mass is 32.2. The number of aromatic nitrogens is 2. The second-order valence-electron chi connectivity index (χ2n) is 5.79. The molecule has 0 atom stereocenters. The molecule has 1 fully saturated rings. The predicted octanol–water partition coefficient (Wildman–Crippen LogP) is 0.835. The number of hydrogen-bond acceptors (Lipinski definition) is 9. The Labute approximate surface area is 155 Å². The first kappa shape index (κ1) is 18.9. The van der Waals surface area contributed by atoms with E-state index in [1.807, 2.05) is 6.92 Å². The molecule has 0 bridgehead atoms. The molecule has 27 heavy (non-hydrogen) atoms. The van der Waals surface area contributed by atoms with Crippen molar-refractivity contribution in [1.29, 1.82) is 0 Å². The molecular formula is C15H18N6O5S. The van der Waals surface area contributed by atoms with E-state index in [-0.39, 0.29) is 16.5 Å². The number of nitro groups is 1. The largest absolute Gasteiger partial charge is 0.378 e. The maximum Gasteiger partial charge on any atom is 0.354 e. The van der Waals surface area contributed by atoms with Gasteiger partial charge in [0.05, 0.1) is 23.0 Å². The molecule has 3 rings (SSSR count). The van der Waals surface area contributed by atoms with Crippen molar-refractivity contribution in [3.8, 4) is 0 Å². The molecule has 1 aromatic heterocycles. The minimum absolute atomic E-state index is 0.0192. The Bertz CT molecular complexity index is 928. The van der Waals surface area contributed by atoms with Crippen LogP contribution >= 0.6 is 0 Å². The van der Waals surface area contributed by atoms with Gasteiger partial charge in [-0.05, 0) is 19.1 Å². The third-order valence-corrected chi connectivity index (χ3v) is 5.19. The molecule has 1 aliphatic rings. The van der Waals surface area contributed by atoms with E-state index in [2.05, 4.69) is 20.2 Å². The van der Waals surface area contributed by atoms with Gasteiger partial charge in [0.25, 0.3) is 10.0 Å². The van der Waals surface area contributed by atoms with Gasteiger partial charge in [-0.1, -0.05) is 17.7 Å². The molecule has 0 aliphatic carbocycles. The maximum absolute atomic E-state index is 12.4. The van der Waals surface area contributed by atoms with Crippen LogP contribution in [0.5, 0.6) is 0 Å². The van der Waals surface area contributed by atoms with Crippen LogP contribution in [-0.4, -0.2) is 49.6 Å². The molecule has 2 heterocycles. The van der Waals surface area contributed by atoms with Gasteiger partial charge in [0.2, 0.25) is 11.6 Å². The molecule has 0 unspecified atom stereocenters. The standard InChI is InChI=1S/C15H18N6O5S/c1-11-2-4-12(5-3-11)27(24,25)19-18-14-13(21(22)23)15(17-10-16-14)20-6-8-26-9-7-20/h2-5,10,19H,6-9H2,1H3,(H,16,17,18). The lowest BCUT2D eigenvalue weighted by Crippen LogP contribution is -2.37. The van der Waals surface area contributed by atoms with Gasteiger partial charge in [-0.25, -0.2) is 18.4 Å². The highest BCUT2D eigenvalue weighted by Crippen LogP contribution is 2.31. The zero-order valence-electron chi connectivity index (χ0n) is 14.5. The van der Waals surface area contributed by atoms with Gasteiger partial charge in [0.15, 0.2) is 0 Å². The fourth-order valence-electron chi connectivity index (χ4n) is 2.53. The number of nitrogens with one attached hydrogen (secondary N) is 2. The minimum atomic E-state index is -3.93. The Hall–Kier alpha value is -2.83. The molecular weight excluding hydrogens is 376 g/mol. The van der Waals surface area contributed by atoms with E-state index >= 15 is 0 Å². The minimum Gasteiger partial charge on any atom is -0.378 e. The maximum atomic E-state index is 12.4.